The maximum Gasteiger partial charge on any atom is 0.0992 e. The molecule has 0 spiro atoms. The second-order valence-corrected chi connectivity index (χ2v) is 3.94. The lowest BCUT2D eigenvalue weighted by atomic mass is 10.1. The number of nitrogens with two attached hydrogens (primary N) is 1. The number of hydrogen-bond donors (Lipinski definition) is 2. The molecule has 0 aliphatic carbocycles. The highest BCUT2D eigenvalue weighted by Crippen LogP contribution is 2.24. The van der Waals surface area contributed by atoms with Crippen LogP contribution < -0.4 is 10.6 Å². The lowest BCUT2D eigenvalue weighted by Gasteiger charge is -2.20. The molecule has 0 saturated carbocycles. The predicted molar refractivity (Wildman–Crippen MR) is 68.5 cm³/mol. The molecular weight excluding hydrogens is 212 g/mol. The number of anilines is 2. The van der Waals surface area contributed by atoms with Crippen LogP contribution in [-0.2, 0) is 6.54 Å². The van der Waals surface area contributed by atoms with E-state index in [0.717, 1.165) is 17.9 Å². The molecular formula is C13H14N4. The summed E-state index contributed by atoms with van der Waals surface area (Å²) in [5, 5.41) is 8.88. The normalized spacial score (nSPS) is 9.88. The molecule has 0 unspecified atom stereocenters. The number of aromatic amines is 1. The summed E-state index contributed by atoms with van der Waals surface area (Å²) in [7, 11) is 1.95. The van der Waals surface area contributed by atoms with Crippen molar-refractivity contribution in [1.29, 1.82) is 5.26 Å². The minimum Gasteiger partial charge on any atom is -0.397 e. The van der Waals surface area contributed by atoms with E-state index in [0.29, 0.717) is 11.3 Å². The largest absolute Gasteiger partial charge is 0.397 e. The van der Waals surface area contributed by atoms with Gasteiger partial charge in [-0.15, -0.1) is 0 Å². The molecule has 86 valence electrons. The van der Waals surface area contributed by atoms with E-state index in [-0.39, 0.29) is 0 Å². The molecule has 0 atom stereocenters. The predicted octanol–water partition coefficient (Wildman–Crippen LogP) is 2.10. The SMILES string of the molecule is CN(Cc1ccc[nH]1)c1cc(C#N)ccc1N. The van der Waals surface area contributed by atoms with E-state index in [1.54, 1.807) is 18.2 Å². The first-order chi connectivity index (χ1) is 8.20. The van der Waals surface area contributed by atoms with Crippen molar-refractivity contribution in [3.8, 4) is 6.07 Å². The van der Waals surface area contributed by atoms with Gasteiger partial charge in [-0.05, 0) is 30.3 Å². The van der Waals surface area contributed by atoms with Crippen molar-refractivity contribution in [2.45, 2.75) is 6.54 Å². The smallest absolute Gasteiger partial charge is 0.0992 e. The third-order valence-corrected chi connectivity index (χ3v) is 2.64. The van der Waals surface area contributed by atoms with Gasteiger partial charge >= 0.3 is 0 Å². The van der Waals surface area contributed by atoms with E-state index in [1.807, 2.05) is 30.3 Å². The van der Waals surface area contributed by atoms with Crippen LogP contribution in [-0.4, -0.2) is 12.0 Å². The number of hydrogen-bond acceptors (Lipinski definition) is 3. The fraction of sp³-hybridized carbons (Fsp3) is 0.154. The topological polar surface area (TPSA) is 68.8 Å². The van der Waals surface area contributed by atoms with E-state index in [1.165, 1.54) is 0 Å². The second-order valence-electron chi connectivity index (χ2n) is 3.94. The van der Waals surface area contributed by atoms with Crippen LogP contribution in [0.3, 0.4) is 0 Å². The van der Waals surface area contributed by atoms with Gasteiger partial charge in [-0.1, -0.05) is 0 Å². The monoisotopic (exact) mass is 226 g/mol. The number of H-pyrrole nitrogens is 1. The molecule has 0 amide bonds. The maximum atomic E-state index is 8.88. The Bertz CT molecular complexity index is 537. The number of nitriles is 1. The Balaban J connectivity index is 2.24. The Hall–Kier alpha value is -2.41. The van der Waals surface area contributed by atoms with Gasteiger partial charge in [0.05, 0.1) is 29.6 Å². The number of benzene rings is 1. The summed E-state index contributed by atoms with van der Waals surface area (Å²) < 4.78 is 0. The first kappa shape index (κ1) is 11.1. The molecule has 1 aromatic heterocycles. The Labute approximate surface area is 100 Å². The Morgan fingerprint density at radius 3 is 2.88 bits per heavy atom. The second kappa shape index (κ2) is 4.62. The van der Waals surface area contributed by atoms with Crippen LogP contribution in [0, 0.1) is 11.3 Å². The number of nitrogens with one attached hydrogen (secondary N) is 1. The van der Waals surface area contributed by atoms with Crippen molar-refractivity contribution < 1.29 is 0 Å². The first-order valence-electron chi connectivity index (χ1n) is 5.33. The van der Waals surface area contributed by atoms with Crippen molar-refractivity contribution in [3.05, 3.63) is 47.8 Å². The number of aromatic nitrogens is 1. The zero-order valence-corrected chi connectivity index (χ0v) is 9.64. The van der Waals surface area contributed by atoms with Crippen molar-refractivity contribution in [1.82, 2.24) is 4.98 Å². The molecule has 2 rings (SSSR count). The van der Waals surface area contributed by atoms with Gasteiger partial charge in [0.25, 0.3) is 0 Å². The van der Waals surface area contributed by atoms with Crippen molar-refractivity contribution in [3.63, 3.8) is 0 Å². The van der Waals surface area contributed by atoms with Crippen molar-refractivity contribution in [2.75, 3.05) is 17.7 Å². The highest BCUT2D eigenvalue weighted by atomic mass is 15.1. The van der Waals surface area contributed by atoms with E-state index in [9.17, 15) is 0 Å². The standard InChI is InChI=1S/C13H14N4/c1-17(9-11-3-2-6-16-11)13-7-10(8-14)4-5-12(13)15/h2-7,16H,9,15H2,1H3. The average Bonchev–Trinajstić information content (AvgIpc) is 2.82. The quantitative estimate of drug-likeness (QED) is 0.787. The molecule has 4 heteroatoms. The minimum absolute atomic E-state index is 0.618. The molecule has 0 radical (unpaired) electrons. The summed E-state index contributed by atoms with van der Waals surface area (Å²) in [6, 6.07) is 11.4. The minimum atomic E-state index is 0.618. The molecule has 0 aliphatic rings. The van der Waals surface area contributed by atoms with Gasteiger partial charge in [-0.25, -0.2) is 0 Å². The Kier molecular flexibility index (Phi) is 3.01. The fourth-order valence-electron chi connectivity index (χ4n) is 1.75. The number of rotatable bonds is 3. The fourth-order valence-corrected chi connectivity index (χ4v) is 1.75. The van der Waals surface area contributed by atoms with Crippen LogP contribution >= 0.6 is 0 Å². The molecule has 0 fully saturated rings. The maximum absolute atomic E-state index is 8.88. The summed E-state index contributed by atoms with van der Waals surface area (Å²) in [5.74, 6) is 0. The third kappa shape index (κ3) is 2.40. The molecule has 0 bridgehead atoms. The summed E-state index contributed by atoms with van der Waals surface area (Å²) in [5.41, 5.74) is 9.19. The summed E-state index contributed by atoms with van der Waals surface area (Å²) in [4.78, 5) is 5.15. The third-order valence-electron chi connectivity index (χ3n) is 2.64. The van der Waals surface area contributed by atoms with E-state index in [2.05, 4.69) is 11.1 Å². The lowest BCUT2D eigenvalue weighted by molar-refractivity contribution is 0.896. The molecule has 17 heavy (non-hydrogen) atoms. The average molecular weight is 226 g/mol. The van der Waals surface area contributed by atoms with E-state index in [4.69, 9.17) is 11.0 Å². The summed E-state index contributed by atoms with van der Waals surface area (Å²) in [6.45, 7) is 0.728. The number of nitrogens with zero attached hydrogens (tertiary/aromatic N) is 2. The van der Waals surface area contributed by atoms with Gasteiger partial charge in [0, 0.05) is 18.9 Å². The molecule has 2 aromatic rings. The van der Waals surface area contributed by atoms with Crippen LogP contribution in [0.2, 0.25) is 0 Å². The molecule has 0 saturated heterocycles. The lowest BCUT2D eigenvalue weighted by Crippen LogP contribution is -2.18. The Morgan fingerprint density at radius 2 is 2.24 bits per heavy atom. The van der Waals surface area contributed by atoms with Gasteiger partial charge < -0.3 is 15.6 Å². The van der Waals surface area contributed by atoms with Gasteiger partial charge in [0.2, 0.25) is 0 Å². The first-order valence-corrected chi connectivity index (χ1v) is 5.33. The Morgan fingerprint density at radius 1 is 1.41 bits per heavy atom. The number of nitrogen functional groups attached to an aromatic ring is 1. The summed E-state index contributed by atoms with van der Waals surface area (Å²) >= 11 is 0. The van der Waals surface area contributed by atoms with E-state index < -0.39 is 0 Å². The molecule has 1 aromatic carbocycles. The van der Waals surface area contributed by atoms with Gasteiger partial charge in [0.15, 0.2) is 0 Å². The van der Waals surface area contributed by atoms with Gasteiger partial charge in [0.1, 0.15) is 0 Å². The van der Waals surface area contributed by atoms with Crippen LogP contribution in [0.5, 0.6) is 0 Å². The molecule has 4 nitrogen and oxygen atoms in total. The summed E-state index contributed by atoms with van der Waals surface area (Å²) in [6.07, 6.45) is 1.89. The molecule has 0 aliphatic heterocycles. The van der Waals surface area contributed by atoms with E-state index >= 15 is 0 Å². The van der Waals surface area contributed by atoms with Gasteiger partial charge in [-0.2, -0.15) is 5.26 Å². The highest BCUT2D eigenvalue weighted by Gasteiger charge is 2.07. The van der Waals surface area contributed by atoms with Crippen LogP contribution in [0.1, 0.15) is 11.3 Å². The van der Waals surface area contributed by atoms with Crippen molar-refractivity contribution in [2.24, 2.45) is 0 Å². The zero-order valence-electron chi connectivity index (χ0n) is 9.64. The molecule has 3 N–H and O–H groups in total. The van der Waals surface area contributed by atoms with Crippen molar-refractivity contribution >= 4 is 11.4 Å². The van der Waals surface area contributed by atoms with Crippen LogP contribution in [0.15, 0.2) is 36.5 Å². The van der Waals surface area contributed by atoms with Crippen LogP contribution in [0.4, 0.5) is 11.4 Å². The zero-order chi connectivity index (χ0) is 12.3. The van der Waals surface area contributed by atoms with Gasteiger partial charge in [-0.3, -0.25) is 0 Å². The molecule has 1 heterocycles. The highest BCUT2D eigenvalue weighted by molar-refractivity contribution is 5.69. The van der Waals surface area contributed by atoms with Crippen LogP contribution in [0.25, 0.3) is 0 Å².